The van der Waals surface area contributed by atoms with E-state index in [1.807, 2.05) is 11.0 Å². The number of halogens is 1. The molecule has 0 radical (unpaired) electrons. The second-order valence-corrected chi connectivity index (χ2v) is 7.63. The summed E-state index contributed by atoms with van der Waals surface area (Å²) in [6.45, 7) is 3.77. The molecule has 3 heterocycles. The number of benzene rings is 1. The highest BCUT2D eigenvalue weighted by Crippen LogP contribution is 2.37. The molecule has 0 aliphatic carbocycles. The van der Waals surface area contributed by atoms with Crippen LogP contribution in [0, 0.1) is 11.2 Å². The Bertz CT molecular complexity index is 721. The minimum absolute atomic E-state index is 0.104. The van der Waals surface area contributed by atoms with E-state index >= 15 is 0 Å². The Kier molecular flexibility index (Phi) is 3.42. The number of thiophene rings is 1. The predicted molar refractivity (Wildman–Crippen MR) is 86.8 cm³/mol. The first-order valence-electron chi connectivity index (χ1n) is 7.84. The van der Waals surface area contributed by atoms with E-state index in [-0.39, 0.29) is 17.1 Å². The third kappa shape index (κ3) is 2.42. The smallest absolute Gasteiger partial charge is 0.263 e. The molecule has 2 aliphatic rings. The van der Waals surface area contributed by atoms with Crippen LogP contribution < -0.4 is 5.32 Å². The summed E-state index contributed by atoms with van der Waals surface area (Å²) in [4.78, 5) is 15.5. The molecular weight excluding hydrogens is 299 g/mol. The number of piperidine rings is 1. The molecule has 116 valence electrons. The van der Waals surface area contributed by atoms with Crippen molar-refractivity contribution in [3.05, 3.63) is 35.0 Å². The van der Waals surface area contributed by atoms with Gasteiger partial charge in [0.15, 0.2) is 0 Å². The van der Waals surface area contributed by atoms with Crippen LogP contribution in [0.3, 0.4) is 0 Å². The SMILES string of the molecule is O=C(c1cc2cc(F)ccc2s1)N1CCCC2(CCNC2)C1. The predicted octanol–water partition coefficient (Wildman–Crippen LogP) is 3.26. The van der Waals surface area contributed by atoms with E-state index in [2.05, 4.69) is 5.32 Å². The third-order valence-corrected chi connectivity index (χ3v) is 6.07. The number of fused-ring (bicyclic) bond motifs is 1. The molecule has 4 rings (SSSR count). The van der Waals surface area contributed by atoms with Gasteiger partial charge in [-0.15, -0.1) is 11.3 Å². The van der Waals surface area contributed by atoms with E-state index in [0.717, 1.165) is 54.0 Å². The molecule has 3 nitrogen and oxygen atoms in total. The molecule has 0 bridgehead atoms. The first-order valence-corrected chi connectivity index (χ1v) is 8.66. The van der Waals surface area contributed by atoms with Crippen LogP contribution in [0.5, 0.6) is 0 Å². The van der Waals surface area contributed by atoms with Crippen LogP contribution in [0.25, 0.3) is 10.1 Å². The average molecular weight is 318 g/mol. The van der Waals surface area contributed by atoms with Crippen molar-refractivity contribution in [2.75, 3.05) is 26.2 Å². The van der Waals surface area contributed by atoms with Gasteiger partial charge in [-0.25, -0.2) is 4.39 Å². The lowest BCUT2D eigenvalue weighted by atomic mass is 9.79. The Morgan fingerprint density at radius 1 is 1.32 bits per heavy atom. The maximum Gasteiger partial charge on any atom is 0.263 e. The van der Waals surface area contributed by atoms with E-state index in [0.29, 0.717) is 0 Å². The number of likely N-dealkylation sites (tertiary alicyclic amines) is 1. The molecule has 5 heteroatoms. The van der Waals surface area contributed by atoms with E-state index in [1.54, 1.807) is 6.07 Å². The zero-order valence-electron chi connectivity index (χ0n) is 12.4. The standard InChI is InChI=1S/C17H19FN2OS/c18-13-2-3-14-12(8-13)9-15(22-14)16(21)20-7-1-4-17(11-20)5-6-19-10-17/h2-3,8-9,19H,1,4-7,10-11H2. The fourth-order valence-corrected chi connectivity index (χ4v) is 4.81. The lowest BCUT2D eigenvalue weighted by Crippen LogP contribution is -2.46. The van der Waals surface area contributed by atoms with Crippen molar-refractivity contribution in [3.8, 4) is 0 Å². The first kappa shape index (κ1) is 14.2. The van der Waals surface area contributed by atoms with Gasteiger partial charge in [-0.05, 0) is 55.5 Å². The number of carbonyl (C=O) groups is 1. The summed E-state index contributed by atoms with van der Waals surface area (Å²) in [5.41, 5.74) is 0.275. The summed E-state index contributed by atoms with van der Waals surface area (Å²) in [6, 6.07) is 6.54. The number of hydrogen-bond acceptors (Lipinski definition) is 3. The van der Waals surface area contributed by atoms with Gasteiger partial charge in [-0.3, -0.25) is 4.79 Å². The molecule has 1 unspecified atom stereocenters. The Hall–Kier alpha value is -1.46. The van der Waals surface area contributed by atoms with Gasteiger partial charge in [0, 0.05) is 29.7 Å². The fraction of sp³-hybridized carbons (Fsp3) is 0.471. The van der Waals surface area contributed by atoms with Gasteiger partial charge < -0.3 is 10.2 Å². The number of carbonyl (C=O) groups excluding carboxylic acids is 1. The van der Waals surface area contributed by atoms with Gasteiger partial charge in [-0.2, -0.15) is 0 Å². The molecular formula is C17H19FN2OS. The van der Waals surface area contributed by atoms with Gasteiger partial charge >= 0.3 is 0 Å². The summed E-state index contributed by atoms with van der Waals surface area (Å²) in [6.07, 6.45) is 3.45. The molecule has 1 spiro atoms. The second-order valence-electron chi connectivity index (χ2n) is 6.55. The van der Waals surface area contributed by atoms with Crippen molar-refractivity contribution >= 4 is 27.3 Å². The van der Waals surface area contributed by atoms with Crippen LogP contribution in [0.2, 0.25) is 0 Å². The Morgan fingerprint density at radius 2 is 2.23 bits per heavy atom. The summed E-state index contributed by atoms with van der Waals surface area (Å²) in [7, 11) is 0. The summed E-state index contributed by atoms with van der Waals surface area (Å²) in [5.74, 6) is -0.147. The molecule has 2 aromatic rings. The average Bonchev–Trinajstić information content (AvgIpc) is 3.13. The minimum atomic E-state index is -0.252. The largest absolute Gasteiger partial charge is 0.337 e. The zero-order chi connectivity index (χ0) is 15.2. The quantitative estimate of drug-likeness (QED) is 0.875. The van der Waals surface area contributed by atoms with Crippen molar-refractivity contribution in [3.63, 3.8) is 0 Å². The topological polar surface area (TPSA) is 32.3 Å². The Labute approximate surface area is 133 Å². The fourth-order valence-electron chi connectivity index (χ4n) is 3.80. The van der Waals surface area contributed by atoms with Crippen molar-refractivity contribution in [1.29, 1.82) is 0 Å². The summed E-state index contributed by atoms with van der Waals surface area (Å²) in [5, 5.41) is 4.25. The molecule has 0 saturated carbocycles. The number of nitrogens with zero attached hydrogens (tertiary/aromatic N) is 1. The highest BCUT2D eigenvalue weighted by atomic mass is 32.1. The Morgan fingerprint density at radius 3 is 3.05 bits per heavy atom. The summed E-state index contributed by atoms with van der Waals surface area (Å²) >= 11 is 1.47. The van der Waals surface area contributed by atoms with Crippen LogP contribution in [-0.2, 0) is 0 Å². The van der Waals surface area contributed by atoms with E-state index in [4.69, 9.17) is 0 Å². The van der Waals surface area contributed by atoms with E-state index in [1.165, 1.54) is 29.9 Å². The lowest BCUT2D eigenvalue weighted by molar-refractivity contribution is 0.0558. The molecule has 1 aromatic heterocycles. The van der Waals surface area contributed by atoms with E-state index in [9.17, 15) is 9.18 Å². The van der Waals surface area contributed by atoms with Crippen LogP contribution in [0.1, 0.15) is 28.9 Å². The van der Waals surface area contributed by atoms with Crippen molar-refractivity contribution in [2.24, 2.45) is 5.41 Å². The molecule has 1 amide bonds. The number of amides is 1. The van der Waals surface area contributed by atoms with Crippen molar-refractivity contribution in [1.82, 2.24) is 10.2 Å². The molecule has 2 saturated heterocycles. The van der Waals surface area contributed by atoms with Gasteiger partial charge in [-0.1, -0.05) is 0 Å². The second kappa shape index (κ2) is 5.32. The maximum atomic E-state index is 13.3. The highest BCUT2D eigenvalue weighted by molar-refractivity contribution is 7.20. The molecule has 1 atom stereocenters. The van der Waals surface area contributed by atoms with E-state index < -0.39 is 0 Å². The number of nitrogens with one attached hydrogen (secondary N) is 1. The molecule has 22 heavy (non-hydrogen) atoms. The van der Waals surface area contributed by atoms with Gasteiger partial charge in [0.1, 0.15) is 5.82 Å². The third-order valence-electron chi connectivity index (χ3n) is 4.97. The van der Waals surface area contributed by atoms with Crippen molar-refractivity contribution in [2.45, 2.75) is 19.3 Å². The number of rotatable bonds is 1. The van der Waals surface area contributed by atoms with Gasteiger partial charge in [0.25, 0.3) is 5.91 Å². The van der Waals surface area contributed by atoms with Crippen LogP contribution >= 0.6 is 11.3 Å². The zero-order valence-corrected chi connectivity index (χ0v) is 13.2. The first-order chi connectivity index (χ1) is 10.7. The lowest BCUT2D eigenvalue weighted by Gasteiger charge is -2.39. The normalized spacial score (nSPS) is 25.2. The Balaban J connectivity index is 1.59. The minimum Gasteiger partial charge on any atom is -0.337 e. The maximum absolute atomic E-state index is 13.3. The molecule has 1 N–H and O–H groups in total. The van der Waals surface area contributed by atoms with Gasteiger partial charge in [0.2, 0.25) is 0 Å². The monoisotopic (exact) mass is 318 g/mol. The van der Waals surface area contributed by atoms with Gasteiger partial charge in [0.05, 0.1) is 4.88 Å². The highest BCUT2D eigenvalue weighted by Gasteiger charge is 2.39. The molecule has 1 aromatic carbocycles. The van der Waals surface area contributed by atoms with Crippen LogP contribution in [0.15, 0.2) is 24.3 Å². The molecule has 2 aliphatic heterocycles. The van der Waals surface area contributed by atoms with Crippen molar-refractivity contribution < 1.29 is 9.18 Å². The molecule has 2 fully saturated rings. The van der Waals surface area contributed by atoms with Crippen LogP contribution in [0.4, 0.5) is 4.39 Å². The van der Waals surface area contributed by atoms with Crippen LogP contribution in [-0.4, -0.2) is 37.0 Å². The number of hydrogen-bond donors (Lipinski definition) is 1. The summed E-state index contributed by atoms with van der Waals surface area (Å²) < 4.78 is 14.3.